The summed E-state index contributed by atoms with van der Waals surface area (Å²) in [6.07, 6.45) is 7.16. The second-order valence-electron chi connectivity index (χ2n) is 10.0. The zero-order valence-electron chi connectivity index (χ0n) is 19.1. The summed E-state index contributed by atoms with van der Waals surface area (Å²) in [5.41, 5.74) is 0.853. The van der Waals surface area contributed by atoms with E-state index in [-0.39, 0.29) is 17.5 Å². The van der Waals surface area contributed by atoms with E-state index in [1.54, 1.807) is 14.2 Å². The van der Waals surface area contributed by atoms with E-state index in [9.17, 15) is 9.59 Å². The molecule has 0 radical (unpaired) electrons. The Labute approximate surface area is 184 Å². The summed E-state index contributed by atoms with van der Waals surface area (Å²) in [7, 11) is 5.17. The number of likely N-dealkylation sites (N-methyl/N-ethyl adjacent to an activating group) is 1. The number of benzene rings is 1. The fourth-order valence-electron chi connectivity index (χ4n) is 6.53. The number of methoxy groups -OCH3 is 2. The Morgan fingerprint density at radius 3 is 2.26 bits per heavy atom. The maximum Gasteiger partial charge on any atom is 0.322 e. The maximum absolute atomic E-state index is 12.8. The highest BCUT2D eigenvalue weighted by Crippen LogP contribution is 2.55. The molecule has 1 aromatic carbocycles. The number of para-hydroxylation sites is 1. The van der Waals surface area contributed by atoms with E-state index in [0.717, 1.165) is 47.5 Å². The van der Waals surface area contributed by atoms with Crippen LogP contribution in [0.5, 0.6) is 11.5 Å². The molecule has 4 aliphatic rings. The number of urea groups is 1. The molecule has 1 aromatic rings. The Bertz CT molecular complexity index is 805. The second kappa shape index (κ2) is 8.69. The molecule has 31 heavy (non-hydrogen) atoms. The van der Waals surface area contributed by atoms with Gasteiger partial charge in [-0.05, 0) is 75.3 Å². The van der Waals surface area contributed by atoms with Gasteiger partial charge in [0.1, 0.15) is 6.54 Å². The molecule has 3 amide bonds. The second-order valence-corrected chi connectivity index (χ2v) is 10.0. The van der Waals surface area contributed by atoms with Crippen molar-refractivity contribution < 1.29 is 24.0 Å². The van der Waals surface area contributed by atoms with Crippen LogP contribution in [-0.4, -0.2) is 44.8 Å². The lowest BCUT2D eigenvalue weighted by Crippen LogP contribution is -3.12. The van der Waals surface area contributed by atoms with Gasteiger partial charge < -0.3 is 19.7 Å². The van der Waals surface area contributed by atoms with Crippen molar-refractivity contribution in [3.05, 3.63) is 23.8 Å². The molecule has 0 saturated heterocycles. The van der Waals surface area contributed by atoms with E-state index in [2.05, 4.69) is 10.6 Å². The van der Waals surface area contributed by atoms with E-state index in [1.165, 1.54) is 19.3 Å². The molecule has 4 bridgehead atoms. The van der Waals surface area contributed by atoms with Crippen LogP contribution in [0.4, 0.5) is 4.79 Å². The SMILES string of the molecule is COc1cccc(C[NH+](C)[C@H](C)C(=O)NC(=O)NC23CC4CC(CC(C4)C2)C3)c1OC. The molecule has 1 unspecified atom stereocenters. The topological polar surface area (TPSA) is 81.1 Å². The number of carbonyl (C=O) groups is 2. The Morgan fingerprint density at radius 2 is 1.71 bits per heavy atom. The van der Waals surface area contributed by atoms with Crippen LogP contribution in [0, 0.1) is 17.8 Å². The number of hydrogen-bond donors (Lipinski definition) is 3. The van der Waals surface area contributed by atoms with Gasteiger partial charge in [-0.3, -0.25) is 10.1 Å². The molecule has 0 heterocycles. The smallest absolute Gasteiger partial charge is 0.322 e. The first-order chi connectivity index (χ1) is 14.8. The van der Waals surface area contributed by atoms with Crippen LogP contribution >= 0.6 is 0 Å². The lowest BCUT2D eigenvalue weighted by molar-refractivity contribution is -0.908. The van der Waals surface area contributed by atoms with E-state index in [1.807, 2.05) is 32.2 Å². The molecule has 0 spiro atoms. The zero-order chi connectivity index (χ0) is 22.2. The van der Waals surface area contributed by atoms with Crippen molar-refractivity contribution in [3.8, 4) is 11.5 Å². The summed E-state index contributed by atoms with van der Waals surface area (Å²) in [6.45, 7) is 2.42. The van der Waals surface area contributed by atoms with Gasteiger partial charge in [-0.1, -0.05) is 6.07 Å². The quantitative estimate of drug-likeness (QED) is 0.617. The van der Waals surface area contributed by atoms with Crippen molar-refractivity contribution in [2.75, 3.05) is 21.3 Å². The molecular formula is C24H36N3O4+. The minimum absolute atomic E-state index is 0.102. The minimum Gasteiger partial charge on any atom is -0.493 e. The zero-order valence-corrected chi connectivity index (χ0v) is 19.1. The average Bonchev–Trinajstić information content (AvgIpc) is 2.71. The third-order valence-electron chi connectivity index (χ3n) is 7.74. The average molecular weight is 431 g/mol. The molecule has 7 nitrogen and oxygen atoms in total. The normalized spacial score (nSPS) is 30.4. The van der Waals surface area contributed by atoms with Crippen LogP contribution in [0.3, 0.4) is 0 Å². The van der Waals surface area contributed by atoms with Crippen molar-refractivity contribution in [1.29, 1.82) is 0 Å². The van der Waals surface area contributed by atoms with Gasteiger partial charge in [-0.15, -0.1) is 0 Å². The van der Waals surface area contributed by atoms with Gasteiger partial charge in [-0.2, -0.15) is 0 Å². The Kier molecular flexibility index (Phi) is 6.15. The van der Waals surface area contributed by atoms with Gasteiger partial charge in [-0.25, -0.2) is 4.79 Å². The van der Waals surface area contributed by atoms with Gasteiger partial charge in [0.05, 0.1) is 26.8 Å². The molecule has 3 N–H and O–H groups in total. The Balaban J connectivity index is 1.34. The predicted molar refractivity (Wildman–Crippen MR) is 117 cm³/mol. The van der Waals surface area contributed by atoms with Crippen LogP contribution in [0.2, 0.25) is 0 Å². The first kappa shape index (κ1) is 21.9. The van der Waals surface area contributed by atoms with Gasteiger partial charge >= 0.3 is 6.03 Å². The molecule has 4 saturated carbocycles. The summed E-state index contributed by atoms with van der Waals surface area (Å²) in [5, 5.41) is 5.82. The van der Waals surface area contributed by atoms with Gasteiger partial charge in [0, 0.05) is 5.54 Å². The van der Waals surface area contributed by atoms with E-state index in [0.29, 0.717) is 18.0 Å². The van der Waals surface area contributed by atoms with Crippen LogP contribution in [0.25, 0.3) is 0 Å². The van der Waals surface area contributed by atoms with Gasteiger partial charge in [0.25, 0.3) is 5.91 Å². The van der Waals surface area contributed by atoms with Crippen LogP contribution in [0.15, 0.2) is 18.2 Å². The van der Waals surface area contributed by atoms with Crippen LogP contribution in [-0.2, 0) is 11.3 Å². The van der Waals surface area contributed by atoms with E-state index in [4.69, 9.17) is 9.47 Å². The van der Waals surface area contributed by atoms with Crippen LogP contribution < -0.4 is 25.0 Å². The molecule has 170 valence electrons. The standard InChI is InChI=1S/C24H35N3O4/c1-15(27(2)14-19-6-5-7-20(30-3)21(19)31-4)22(28)25-23(29)26-24-11-16-8-17(12-24)10-18(9-16)13-24/h5-7,15-18H,8-14H2,1-4H3,(H2,25,26,28,29)/p+1/t15-,16?,17?,18?,24?/m1/s1. The lowest BCUT2D eigenvalue weighted by Gasteiger charge is -2.56. The monoisotopic (exact) mass is 430 g/mol. The molecule has 2 atom stereocenters. The summed E-state index contributed by atoms with van der Waals surface area (Å²) in [4.78, 5) is 26.5. The van der Waals surface area contributed by atoms with Crippen molar-refractivity contribution in [2.45, 2.75) is 63.6 Å². The number of amides is 3. The number of nitrogens with one attached hydrogen (secondary N) is 3. The van der Waals surface area contributed by atoms with Crippen molar-refractivity contribution >= 4 is 11.9 Å². The number of carbonyl (C=O) groups excluding carboxylic acids is 2. The Hall–Kier alpha value is -2.28. The van der Waals surface area contributed by atoms with Crippen molar-refractivity contribution in [2.24, 2.45) is 17.8 Å². The van der Waals surface area contributed by atoms with Gasteiger partial charge in [0.15, 0.2) is 17.5 Å². The van der Waals surface area contributed by atoms with Crippen molar-refractivity contribution in [3.63, 3.8) is 0 Å². The first-order valence-electron chi connectivity index (χ1n) is 11.5. The predicted octanol–water partition coefficient (Wildman–Crippen LogP) is 1.90. The third-order valence-corrected chi connectivity index (χ3v) is 7.74. The van der Waals surface area contributed by atoms with E-state index < -0.39 is 6.04 Å². The lowest BCUT2D eigenvalue weighted by atomic mass is 9.53. The van der Waals surface area contributed by atoms with Crippen LogP contribution in [0.1, 0.15) is 51.0 Å². The van der Waals surface area contributed by atoms with E-state index >= 15 is 0 Å². The summed E-state index contributed by atoms with van der Waals surface area (Å²) in [6, 6.07) is 4.99. The highest BCUT2D eigenvalue weighted by Gasteiger charge is 2.51. The minimum atomic E-state index is -0.391. The Morgan fingerprint density at radius 1 is 1.10 bits per heavy atom. The van der Waals surface area contributed by atoms with Gasteiger partial charge in [0.2, 0.25) is 0 Å². The fraction of sp³-hybridized carbons (Fsp3) is 0.667. The number of ether oxygens (including phenoxy) is 2. The number of quaternary nitrogens is 1. The molecule has 5 rings (SSSR count). The highest BCUT2D eigenvalue weighted by atomic mass is 16.5. The molecule has 7 heteroatoms. The maximum atomic E-state index is 12.8. The molecule has 0 aromatic heterocycles. The molecule has 0 aliphatic heterocycles. The molecule has 4 aliphatic carbocycles. The highest BCUT2D eigenvalue weighted by molar-refractivity contribution is 5.96. The fourth-order valence-corrected chi connectivity index (χ4v) is 6.53. The summed E-state index contributed by atoms with van der Waals surface area (Å²) >= 11 is 0. The number of hydrogen-bond acceptors (Lipinski definition) is 4. The van der Waals surface area contributed by atoms with Crippen molar-refractivity contribution in [1.82, 2.24) is 10.6 Å². The number of rotatable bonds is 7. The molecule has 4 fully saturated rings. The summed E-state index contributed by atoms with van der Waals surface area (Å²) < 4.78 is 10.9. The number of imide groups is 1. The third kappa shape index (κ3) is 4.52. The first-order valence-corrected chi connectivity index (χ1v) is 11.5. The molecular weight excluding hydrogens is 394 g/mol. The summed E-state index contributed by atoms with van der Waals surface area (Å²) in [5.74, 6) is 3.32. The largest absolute Gasteiger partial charge is 0.493 e.